The third kappa shape index (κ3) is 2.49. The van der Waals surface area contributed by atoms with E-state index in [4.69, 9.17) is 0 Å². The zero-order valence-corrected chi connectivity index (χ0v) is 10.9. The highest BCUT2D eigenvalue weighted by atomic mass is 32.2. The molecule has 1 heterocycles. The Morgan fingerprint density at radius 3 is 2.50 bits per heavy atom. The number of hydrogen-bond donors (Lipinski definition) is 0. The zero-order valence-electron chi connectivity index (χ0n) is 10.0. The van der Waals surface area contributed by atoms with Gasteiger partial charge in [0.15, 0.2) is 0 Å². The number of rotatable bonds is 3. The van der Waals surface area contributed by atoms with Crippen LogP contribution in [0, 0.1) is 11.8 Å². The van der Waals surface area contributed by atoms with Gasteiger partial charge in [-0.2, -0.15) is 4.31 Å². The molecule has 0 saturated heterocycles. The summed E-state index contributed by atoms with van der Waals surface area (Å²) in [6.07, 6.45) is 2.19. The van der Waals surface area contributed by atoms with Crippen molar-refractivity contribution in [1.82, 2.24) is 4.31 Å². The number of nitroso groups, excluding NO2 is 1. The van der Waals surface area contributed by atoms with Gasteiger partial charge in [0.25, 0.3) is 0 Å². The maximum atomic E-state index is 12.3. The number of hydrogen-bond acceptors (Lipinski definition) is 4. The number of benzene rings is 1. The molecule has 0 bridgehead atoms. The zero-order chi connectivity index (χ0) is 13.2. The molecule has 5 nitrogen and oxygen atoms in total. The second kappa shape index (κ2) is 4.99. The molecular weight excluding hydrogens is 252 g/mol. The Labute approximate surface area is 106 Å². The lowest BCUT2D eigenvalue weighted by molar-refractivity contribution is 0.426. The second-order valence-electron chi connectivity index (χ2n) is 4.23. The highest BCUT2D eigenvalue weighted by Gasteiger charge is 2.27. The molecule has 1 aromatic carbocycles. The van der Waals surface area contributed by atoms with E-state index in [2.05, 4.69) is 5.18 Å². The first kappa shape index (κ1) is 12.9. The van der Waals surface area contributed by atoms with Crippen LogP contribution < -0.4 is 0 Å². The molecule has 0 atom stereocenters. The molecule has 0 aliphatic carbocycles. The van der Waals surface area contributed by atoms with Gasteiger partial charge < -0.3 is 0 Å². The lowest BCUT2D eigenvalue weighted by atomic mass is 10.2. The molecule has 0 radical (unpaired) electrons. The Morgan fingerprint density at radius 1 is 1.22 bits per heavy atom. The summed E-state index contributed by atoms with van der Waals surface area (Å²) in [5.41, 5.74) is 1.28. The molecule has 0 aromatic heterocycles. The van der Waals surface area contributed by atoms with E-state index < -0.39 is 10.0 Å². The Bertz CT molecular complexity index is 576. The van der Waals surface area contributed by atoms with Gasteiger partial charge in [-0.05, 0) is 30.7 Å². The van der Waals surface area contributed by atoms with Gasteiger partial charge in [0.05, 0.1) is 17.1 Å². The first-order chi connectivity index (χ1) is 8.54. The topological polar surface area (TPSA) is 66.8 Å². The van der Waals surface area contributed by atoms with Crippen LogP contribution in [-0.2, 0) is 10.0 Å². The average molecular weight is 266 g/mol. The van der Waals surface area contributed by atoms with Crippen molar-refractivity contribution in [1.29, 1.82) is 0 Å². The molecule has 6 heteroatoms. The molecular formula is C12H14N2O3S. The summed E-state index contributed by atoms with van der Waals surface area (Å²) >= 11 is 0. The molecule has 0 spiro atoms. The van der Waals surface area contributed by atoms with E-state index in [1.807, 2.05) is 6.92 Å². The summed E-state index contributed by atoms with van der Waals surface area (Å²) in [5.74, 6) is 0. The van der Waals surface area contributed by atoms with Crippen molar-refractivity contribution in [2.24, 2.45) is 5.18 Å². The van der Waals surface area contributed by atoms with Crippen LogP contribution in [0.4, 0.5) is 0 Å². The van der Waals surface area contributed by atoms with Crippen LogP contribution in [0.2, 0.25) is 0 Å². The molecule has 18 heavy (non-hydrogen) atoms. The quantitative estimate of drug-likeness (QED) is 0.786. The normalized spacial score (nSPS) is 17.3. The smallest absolute Gasteiger partial charge is 0.207 e. The van der Waals surface area contributed by atoms with Gasteiger partial charge in [0, 0.05) is 6.54 Å². The summed E-state index contributed by atoms with van der Waals surface area (Å²) in [4.78, 5) is 10.7. The molecule has 1 aliphatic heterocycles. The van der Waals surface area contributed by atoms with Crippen LogP contribution in [0.25, 0.3) is 0 Å². The number of sulfonamides is 1. The predicted octanol–water partition coefficient (Wildman–Crippen LogP) is 2.04. The van der Waals surface area contributed by atoms with E-state index in [0.29, 0.717) is 13.0 Å². The molecule has 1 aromatic rings. The van der Waals surface area contributed by atoms with E-state index in [-0.39, 0.29) is 17.1 Å². The van der Waals surface area contributed by atoms with Gasteiger partial charge in [-0.1, -0.05) is 23.8 Å². The Hall–Kier alpha value is -1.53. The largest absolute Gasteiger partial charge is 0.243 e. The SMILES string of the molecule is Cc1ccc(S(=O)(=O)N2CCC=C(N=O)C2)cc1. The summed E-state index contributed by atoms with van der Waals surface area (Å²) in [5, 5.41) is 2.82. The predicted molar refractivity (Wildman–Crippen MR) is 68.4 cm³/mol. The first-order valence-electron chi connectivity index (χ1n) is 5.63. The van der Waals surface area contributed by atoms with Gasteiger partial charge in [0.1, 0.15) is 0 Å². The van der Waals surface area contributed by atoms with E-state index >= 15 is 0 Å². The molecule has 1 aliphatic rings. The summed E-state index contributed by atoms with van der Waals surface area (Å²) in [6.45, 7) is 2.34. The molecule has 96 valence electrons. The van der Waals surface area contributed by atoms with E-state index in [9.17, 15) is 13.3 Å². The summed E-state index contributed by atoms with van der Waals surface area (Å²) < 4.78 is 25.9. The van der Waals surface area contributed by atoms with E-state index in [1.165, 1.54) is 4.31 Å². The molecule has 0 fully saturated rings. The lowest BCUT2D eigenvalue weighted by Gasteiger charge is -2.24. The van der Waals surface area contributed by atoms with Gasteiger partial charge in [-0.25, -0.2) is 8.42 Å². The Kier molecular flexibility index (Phi) is 3.58. The van der Waals surface area contributed by atoms with Crippen molar-refractivity contribution in [2.75, 3.05) is 13.1 Å². The number of aryl methyl sites for hydroxylation is 1. The fraction of sp³-hybridized carbons (Fsp3) is 0.333. The van der Waals surface area contributed by atoms with Gasteiger partial charge in [0.2, 0.25) is 10.0 Å². The fourth-order valence-electron chi connectivity index (χ4n) is 1.83. The third-order valence-corrected chi connectivity index (χ3v) is 4.73. The Balaban J connectivity index is 2.29. The number of nitrogens with zero attached hydrogens (tertiary/aromatic N) is 2. The van der Waals surface area contributed by atoms with Gasteiger partial charge in [-0.3, -0.25) is 0 Å². The van der Waals surface area contributed by atoms with Crippen LogP contribution in [0.3, 0.4) is 0 Å². The second-order valence-corrected chi connectivity index (χ2v) is 6.17. The van der Waals surface area contributed by atoms with Crippen molar-refractivity contribution in [2.45, 2.75) is 18.2 Å². The van der Waals surface area contributed by atoms with Crippen LogP contribution in [0.1, 0.15) is 12.0 Å². The maximum Gasteiger partial charge on any atom is 0.243 e. The first-order valence-corrected chi connectivity index (χ1v) is 7.07. The van der Waals surface area contributed by atoms with Crippen LogP contribution >= 0.6 is 0 Å². The van der Waals surface area contributed by atoms with Crippen molar-refractivity contribution in [3.8, 4) is 0 Å². The molecule has 2 rings (SSSR count). The Morgan fingerprint density at radius 2 is 1.89 bits per heavy atom. The minimum atomic E-state index is -3.53. The van der Waals surface area contributed by atoms with Crippen LogP contribution in [0.5, 0.6) is 0 Å². The highest BCUT2D eigenvalue weighted by Crippen LogP contribution is 2.21. The average Bonchev–Trinajstić information content (AvgIpc) is 2.39. The summed E-state index contributed by atoms with van der Waals surface area (Å²) in [7, 11) is -3.53. The standard InChI is InChI=1S/C12H14N2O3S/c1-10-4-6-12(7-5-10)18(16,17)14-8-2-3-11(9-14)13-15/h3-7H,2,8-9H2,1H3. The molecule has 0 amide bonds. The molecule has 0 saturated carbocycles. The lowest BCUT2D eigenvalue weighted by Crippen LogP contribution is -2.35. The third-order valence-electron chi connectivity index (χ3n) is 2.87. The maximum absolute atomic E-state index is 12.3. The van der Waals surface area contributed by atoms with Gasteiger partial charge >= 0.3 is 0 Å². The van der Waals surface area contributed by atoms with Crippen LogP contribution in [0.15, 0.2) is 46.1 Å². The molecule has 0 N–H and O–H groups in total. The van der Waals surface area contributed by atoms with E-state index in [0.717, 1.165) is 5.56 Å². The van der Waals surface area contributed by atoms with E-state index in [1.54, 1.807) is 30.3 Å². The van der Waals surface area contributed by atoms with Crippen molar-refractivity contribution < 1.29 is 8.42 Å². The minimum Gasteiger partial charge on any atom is -0.207 e. The van der Waals surface area contributed by atoms with Crippen molar-refractivity contribution in [3.63, 3.8) is 0 Å². The monoisotopic (exact) mass is 266 g/mol. The van der Waals surface area contributed by atoms with Gasteiger partial charge in [-0.15, -0.1) is 4.91 Å². The molecule has 0 unspecified atom stereocenters. The van der Waals surface area contributed by atoms with Crippen molar-refractivity contribution >= 4 is 10.0 Å². The summed E-state index contributed by atoms with van der Waals surface area (Å²) in [6, 6.07) is 6.67. The highest BCUT2D eigenvalue weighted by molar-refractivity contribution is 7.89. The fourth-order valence-corrected chi connectivity index (χ4v) is 3.26. The minimum absolute atomic E-state index is 0.0553. The van der Waals surface area contributed by atoms with Crippen molar-refractivity contribution in [3.05, 3.63) is 46.5 Å². The van der Waals surface area contributed by atoms with Crippen LogP contribution in [-0.4, -0.2) is 25.8 Å².